The largest absolute Gasteiger partial charge is 0.318 e. The molecule has 0 saturated heterocycles. The first-order chi connectivity index (χ1) is 11.5. The van der Waals surface area contributed by atoms with Crippen LogP contribution in [0.3, 0.4) is 0 Å². The summed E-state index contributed by atoms with van der Waals surface area (Å²) in [5.74, 6) is -2.25. The van der Waals surface area contributed by atoms with Crippen LogP contribution in [0.1, 0.15) is 16.2 Å². The highest BCUT2D eigenvalue weighted by molar-refractivity contribution is 6.30. The monoisotopic (exact) mass is 348 g/mol. The van der Waals surface area contributed by atoms with Crippen LogP contribution in [0, 0.1) is 18.6 Å². The maximum absolute atomic E-state index is 13.6. The summed E-state index contributed by atoms with van der Waals surface area (Å²) in [7, 11) is 0. The van der Waals surface area contributed by atoms with Crippen molar-refractivity contribution in [3.63, 3.8) is 0 Å². The van der Waals surface area contributed by atoms with E-state index in [2.05, 4.69) is 15.6 Å². The lowest BCUT2D eigenvalue weighted by molar-refractivity contribution is 0.102. The minimum atomic E-state index is -0.872. The zero-order chi connectivity index (χ0) is 17.3. The minimum Gasteiger partial charge on any atom is -0.318 e. The highest BCUT2D eigenvalue weighted by atomic mass is 35.5. The number of rotatable bonds is 3. The van der Waals surface area contributed by atoms with Gasteiger partial charge in [0.2, 0.25) is 0 Å². The van der Waals surface area contributed by atoms with Crippen molar-refractivity contribution in [3.05, 3.63) is 70.5 Å². The lowest BCUT2D eigenvalue weighted by Gasteiger charge is -2.06. The maximum Gasteiger partial charge on any atom is 0.278 e. The Morgan fingerprint density at radius 1 is 1.21 bits per heavy atom. The average molecular weight is 349 g/mol. The molecule has 0 aliphatic heterocycles. The smallest absolute Gasteiger partial charge is 0.278 e. The molecule has 5 nitrogen and oxygen atoms in total. The highest BCUT2D eigenvalue weighted by Gasteiger charge is 2.19. The Balaban J connectivity index is 1.89. The van der Waals surface area contributed by atoms with Crippen molar-refractivity contribution < 1.29 is 13.6 Å². The van der Waals surface area contributed by atoms with E-state index in [-0.39, 0.29) is 11.4 Å². The Bertz CT molecular complexity index is 926. The summed E-state index contributed by atoms with van der Waals surface area (Å²) < 4.78 is 28.0. The molecule has 8 heteroatoms. The summed E-state index contributed by atoms with van der Waals surface area (Å²) in [5, 5.41) is 10.6. The van der Waals surface area contributed by atoms with Crippen LogP contribution in [-0.4, -0.2) is 20.9 Å². The fourth-order valence-electron chi connectivity index (χ4n) is 2.16. The second-order valence-corrected chi connectivity index (χ2v) is 5.43. The number of carbonyl (C=O) groups is 1. The first-order valence-corrected chi connectivity index (χ1v) is 7.28. The van der Waals surface area contributed by atoms with Gasteiger partial charge in [-0.3, -0.25) is 4.79 Å². The Morgan fingerprint density at radius 2 is 2.00 bits per heavy atom. The van der Waals surface area contributed by atoms with Gasteiger partial charge in [0.05, 0.1) is 17.1 Å². The molecule has 122 valence electrons. The van der Waals surface area contributed by atoms with Gasteiger partial charge >= 0.3 is 0 Å². The number of benzene rings is 2. The lowest BCUT2D eigenvalue weighted by atomic mass is 10.2. The molecule has 3 rings (SSSR count). The molecule has 1 amide bonds. The molecule has 0 fully saturated rings. The van der Waals surface area contributed by atoms with E-state index in [1.54, 1.807) is 31.2 Å². The van der Waals surface area contributed by atoms with Crippen LogP contribution in [-0.2, 0) is 0 Å². The molecule has 2 aromatic carbocycles. The zero-order valence-electron chi connectivity index (χ0n) is 12.4. The van der Waals surface area contributed by atoms with E-state index in [1.807, 2.05) is 0 Å². The van der Waals surface area contributed by atoms with Gasteiger partial charge in [0, 0.05) is 11.1 Å². The molecule has 0 unspecified atom stereocenters. The van der Waals surface area contributed by atoms with Crippen LogP contribution in [0.15, 0.2) is 42.5 Å². The zero-order valence-corrected chi connectivity index (χ0v) is 13.2. The Hall–Kier alpha value is -2.80. The van der Waals surface area contributed by atoms with Gasteiger partial charge in [0.1, 0.15) is 11.6 Å². The van der Waals surface area contributed by atoms with E-state index in [1.165, 1.54) is 4.68 Å². The fraction of sp³-hybridized carbons (Fsp3) is 0.0625. The molecule has 0 spiro atoms. The van der Waals surface area contributed by atoms with Crippen molar-refractivity contribution in [1.82, 2.24) is 15.0 Å². The predicted molar refractivity (Wildman–Crippen MR) is 85.4 cm³/mol. The number of aromatic nitrogens is 3. The number of anilines is 1. The van der Waals surface area contributed by atoms with Crippen LogP contribution < -0.4 is 5.32 Å². The number of halogens is 3. The number of carbonyl (C=O) groups excluding carboxylic acids is 1. The predicted octanol–water partition coefficient (Wildman–Crippen LogP) is 3.76. The maximum atomic E-state index is 13.6. The van der Waals surface area contributed by atoms with Crippen molar-refractivity contribution in [2.45, 2.75) is 6.92 Å². The third kappa shape index (κ3) is 3.11. The van der Waals surface area contributed by atoms with Crippen molar-refractivity contribution in [3.8, 4) is 5.69 Å². The second-order valence-electron chi connectivity index (χ2n) is 4.99. The number of hydrogen-bond donors (Lipinski definition) is 1. The van der Waals surface area contributed by atoms with Crippen LogP contribution in [0.25, 0.3) is 5.69 Å². The van der Waals surface area contributed by atoms with Crippen molar-refractivity contribution in [1.29, 1.82) is 0 Å². The van der Waals surface area contributed by atoms with Gasteiger partial charge in [0.15, 0.2) is 5.69 Å². The molecule has 0 bridgehead atoms. The third-order valence-corrected chi connectivity index (χ3v) is 3.58. The number of nitrogens with zero attached hydrogens (tertiary/aromatic N) is 3. The molecule has 1 aromatic heterocycles. The standard InChI is InChI=1S/C16H11ClF2N4O/c1-9-15(16(24)20-14-6-5-11(18)8-13(14)19)21-22-23(9)12-4-2-3-10(17)7-12/h2-8H,1H3,(H,20,24). The molecule has 0 radical (unpaired) electrons. The van der Waals surface area contributed by atoms with Crippen LogP contribution in [0.2, 0.25) is 5.02 Å². The van der Waals surface area contributed by atoms with E-state index >= 15 is 0 Å². The molecule has 1 heterocycles. The summed E-state index contributed by atoms with van der Waals surface area (Å²) in [5.41, 5.74) is 0.980. The summed E-state index contributed by atoms with van der Waals surface area (Å²) in [6.07, 6.45) is 0. The topological polar surface area (TPSA) is 59.8 Å². The van der Waals surface area contributed by atoms with Gasteiger partial charge in [-0.1, -0.05) is 22.9 Å². The SMILES string of the molecule is Cc1c(C(=O)Nc2ccc(F)cc2F)nnn1-c1cccc(Cl)c1. The number of nitrogens with one attached hydrogen (secondary N) is 1. The summed E-state index contributed by atoms with van der Waals surface area (Å²) in [6.45, 7) is 1.65. The molecule has 0 atom stereocenters. The molecule has 24 heavy (non-hydrogen) atoms. The van der Waals surface area contributed by atoms with Gasteiger partial charge in [-0.25, -0.2) is 13.5 Å². The molecule has 3 aromatic rings. The normalized spacial score (nSPS) is 10.7. The number of amides is 1. The van der Waals surface area contributed by atoms with Crippen LogP contribution >= 0.6 is 11.6 Å². The lowest BCUT2D eigenvalue weighted by Crippen LogP contribution is -2.15. The number of hydrogen-bond acceptors (Lipinski definition) is 3. The molecular formula is C16H11ClF2N4O. The molecular weight excluding hydrogens is 338 g/mol. The van der Waals surface area contributed by atoms with E-state index in [9.17, 15) is 13.6 Å². The average Bonchev–Trinajstić information content (AvgIpc) is 2.92. The Labute approximate surface area is 140 Å². The van der Waals surface area contributed by atoms with Crippen molar-refractivity contribution >= 4 is 23.2 Å². The molecule has 0 aliphatic carbocycles. The Kier molecular flexibility index (Phi) is 4.26. The highest BCUT2D eigenvalue weighted by Crippen LogP contribution is 2.19. The van der Waals surface area contributed by atoms with Crippen LogP contribution in [0.4, 0.5) is 14.5 Å². The third-order valence-electron chi connectivity index (χ3n) is 3.34. The van der Waals surface area contributed by atoms with E-state index in [4.69, 9.17) is 11.6 Å². The Morgan fingerprint density at radius 3 is 2.71 bits per heavy atom. The van der Waals surface area contributed by atoms with Crippen molar-refractivity contribution in [2.24, 2.45) is 0 Å². The van der Waals surface area contributed by atoms with Gasteiger partial charge in [-0.05, 0) is 37.3 Å². The summed E-state index contributed by atoms with van der Waals surface area (Å²) in [6, 6.07) is 9.76. The van der Waals surface area contributed by atoms with E-state index < -0.39 is 17.5 Å². The molecule has 0 saturated carbocycles. The van der Waals surface area contributed by atoms with Gasteiger partial charge < -0.3 is 5.32 Å². The molecule has 1 N–H and O–H groups in total. The molecule has 0 aliphatic rings. The quantitative estimate of drug-likeness (QED) is 0.784. The second kappa shape index (κ2) is 6.37. The van der Waals surface area contributed by atoms with Gasteiger partial charge in [-0.2, -0.15) is 0 Å². The fourth-order valence-corrected chi connectivity index (χ4v) is 2.35. The van der Waals surface area contributed by atoms with E-state index in [0.717, 1.165) is 12.1 Å². The van der Waals surface area contributed by atoms with E-state index in [0.29, 0.717) is 22.5 Å². The van der Waals surface area contributed by atoms with Crippen LogP contribution in [0.5, 0.6) is 0 Å². The summed E-state index contributed by atoms with van der Waals surface area (Å²) >= 11 is 5.94. The summed E-state index contributed by atoms with van der Waals surface area (Å²) in [4.78, 5) is 12.3. The van der Waals surface area contributed by atoms with Gasteiger partial charge in [0.25, 0.3) is 5.91 Å². The first kappa shape index (κ1) is 16.1. The minimum absolute atomic E-state index is 0.0266. The van der Waals surface area contributed by atoms with Crippen molar-refractivity contribution in [2.75, 3.05) is 5.32 Å². The first-order valence-electron chi connectivity index (χ1n) is 6.90. The van der Waals surface area contributed by atoms with Gasteiger partial charge in [-0.15, -0.1) is 5.10 Å².